The fraction of sp³-hybridized carbons (Fsp3) is 0.150. The van der Waals surface area contributed by atoms with Crippen molar-refractivity contribution in [2.24, 2.45) is 0 Å². The van der Waals surface area contributed by atoms with E-state index in [1.54, 1.807) is 37.3 Å². The molecule has 26 heavy (non-hydrogen) atoms. The molecule has 0 aliphatic rings. The number of benzene rings is 2. The molecule has 0 fully saturated rings. The number of amides is 1. The Morgan fingerprint density at radius 3 is 2.65 bits per heavy atom. The minimum atomic E-state index is -0.745. The van der Waals surface area contributed by atoms with Crippen LogP contribution in [0.5, 0.6) is 5.75 Å². The third kappa shape index (κ3) is 3.64. The molecule has 6 nitrogen and oxygen atoms in total. The van der Waals surface area contributed by atoms with Crippen LogP contribution < -0.4 is 15.7 Å². The van der Waals surface area contributed by atoms with E-state index in [0.29, 0.717) is 17.5 Å². The first-order chi connectivity index (χ1) is 12.5. The first-order valence-electron chi connectivity index (χ1n) is 8.13. The van der Waals surface area contributed by atoms with E-state index >= 15 is 0 Å². The Kier molecular flexibility index (Phi) is 4.84. The summed E-state index contributed by atoms with van der Waals surface area (Å²) < 4.78 is 10.5. The van der Waals surface area contributed by atoms with Gasteiger partial charge in [0.1, 0.15) is 16.9 Å². The molecule has 0 radical (unpaired) electrons. The Labute approximate surface area is 149 Å². The van der Waals surface area contributed by atoms with Gasteiger partial charge in [0.05, 0.1) is 5.56 Å². The summed E-state index contributed by atoms with van der Waals surface area (Å²) in [7, 11) is 0. The minimum absolute atomic E-state index is 0.0659. The molecule has 0 bridgehead atoms. The lowest BCUT2D eigenvalue weighted by Crippen LogP contribution is -2.27. The van der Waals surface area contributed by atoms with Gasteiger partial charge in [0.2, 0.25) is 0 Å². The van der Waals surface area contributed by atoms with Gasteiger partial charge in [-0.05, 0) is 44.2 Å². The molecule has 132 valence electrons. The van der Waals surface area contributed by atoms with Crippen LogP contribution >= 0.6 is 0 Å². The summed E-state index contributed by atoms with van der Waals surface area (Å²) in [6, 6.07) is 13.2. The Morgan fingerprint density at radius 1 is 1.12 bits per heavy atom. The SMILES string of the molecule is CCNC(=O)c1cc2ccc(OC(=O)c3cccc(C)c3)cc2oc1=O. The number of esters is 1. The monoisotopic (exact) mass is 351 g/mol. The summed E-state index contributed by atoms with van der Waals surface area (Å²) in [5, 5.41) is 3.12. The van der Waals surface area contributed by atoms with Crippen LogP contribution in [-0.4, -0.2) is 18.4 Å². The van der Waals surface area contributed by atoms with E-state index in [-0.39, 0.29) is 16.9 Å². The van der Waals surface area contributed by atoms with Crippen molar-refractivity contribution in [1.29, 1.82) is 0 Å². The summed E-state index contributed by atoms with van der Waals surface area (Å²) in [6.07, 6.45) is 0. The number of fused-ring (bicyclic) bond motifs is 1. The van der Waals surface area contributed by atoms with E-state index in [1.807, 2.05) is 13.0 Å². The molecule has 6 heteroatoms. The fourth-order valence-electron chi connectivity index (χ4n) is 2.51. The quantitative estimate of drug-likeness (QED) is 0.443. The lowest BCUT2D eigenvalue weighted by molar-refractivity contribution is 0.0734. The van der Waals surface area contributed by atoms with Crippen LogP contribution in [0.25, 0.3) is 11.0 Å². The third-order valence-corrected chi connectivity index (χ3v) is 3.75. The number of carbonyl (C=O) groups excluding carboxylic acids is 2. The van der Waals surface area contributed by atoms with E-state index in [2.05, 4.69) is 5.32 Å². The number of rotatable bonds is 4. The van der Waals surface area contributed by atoms with Gasteiger partial charge in [-0.15, -0.1) is 0 Å². The van der Waals surface area contributed by atoms with Gasteiger partial charge in [0.15, 0.2) is 0 Å². The molecule has 3 rings (SSSR count). The first-order valence-corrected chi connectivity index (χ1v) is 8.13. The summed E-state index contributed by atoms with van der Waals surface area (Å²) in [4.78, 5) is 36.1. The van der Waals surface area contributed by atoms with E-state index in [1.165, 1.54) is 12.1 Å². The molecule has 0 saturated heterocycles. The van der Waals surface area contributed by atoms with E-state index < -0.39 is 17.5 Å². The zero-order valence-corrected chi connectivity index (χ0v) is 14.4. The number of ether oxygens (including phenoxy) is 1. The zero-order valence-electron chi connectivity index (χ0n) is 14.4. The van der Waals surface area contributed by atoms with Crippen molar-refractivity contribution in [2.45, 2.75) is 13.8 Å². The average molecular weight is 351 g/mol. The molecule has 2 aromatic carbocycles. The van der Waals surface area contributed by atoms with Crippen LogP contribution in [0.15, 0.2) is 57.7 Å². The predicted octanol–water partition coefficient (Wildman–Crippen LogP) is 3.07. The van der Waals surface area contributed by atoms with Gasteiger partial charge in [-0.3, -0.25) is 4.79 Å². The lowest BCUT2D eigenvalue weighted by atomic mass is 10.1. The van der Waals surface area contributed by atoms with Crippen molar-refractivity contribution < 1.29 is 18.7 Å². The number of carbonyl (C=O) groups is 2. The molecular formula is C20H17NO5. The van der Waals surface area contributed by atoms with Gasteiger partial charge in [0.25, 0.3) is 5.91 Å². The molecule has 1 N–H and O–H groups in total. The largest absolute Gasteiger partial charge is 0.423 e. The summed E-state index contributed by atoms with van der Waals surface area (Å²) in [6.45, 7) is 4.05. The normalized spacial score (nSPS) is 10.5. The molecule has 0 aliphatic carbocycles. The highest BCUT2D eigenvalue weighted by Crippen LogP contribution is 2.21. The Hall–Kier alpha value is -3.41. The highest BCUT2D eigenvalue weighted by molar-refractivity contribution is 5.97. The molecule has 0 unspecified atom stereocenters. The van der Waals surface area contributed by atoms with Gasteiger partial charge >= 0.3 is 11.6 Å². The average Bonchev–Trinajstić information content (AvgIpc) is 2.61. The number of nitrogens with one attached hydrogen (secondary N) is 1. The Balaban J connectivity index is 1.90. The Bertz CT molecular complexity index is 1050. The van der Waals surface area contributed by atoms with E-state index in [4.69, 9.17) is 9.15 Å². The van der Waals surface area contributed by atoms with Crippen LogP contribution in [0, 0.1) is 6.92 Å². The van der Waals surface area contributed by atoms with Crippen molar-refractivity contribution >= 4 is 22.8 Å². The van der Waals surface area contributed by atoms with Crippen molar-refractivity contribution in [3.05, 3.63) is 75.6 Å². The van der Waals surface area contributed by atoms with Crippen molar-refractivity contribution in [3.8, 4) is 5.75 Å². The lowest BCUT2D eigenvalue weighted by Gasteiger charge is -2.07. The van der Waals surface area contributed by atoms with E-state index in [0.717, 1.165) is 5.56 Å². The van der Waals surface area contributed by atoms with Gasteiger partial charge in [0, 0.05) is 18.0 Å². The summed E-state index contributed by atoms with van der Waals surface area (Å²) in [5.74, 6) is -0.745. The maximum absolute atomic E-state index is 12.2. The number of hydrogen-bond acceptors (Lipinski definition) is 5. The van der Waals surface area contributed by atoms with Crippen molar-refractivity contribution in [3.63, 3.8) is 0 Å². The second kappa shape index (κ2) is 7.23. The van der Waals surface area contributed by atoms with Crippen molar-refractivity contribution in [2.75, 3.05) is 6.54 Å². The Morgan fingerprint density at radius 2 is 1.92 bits per heavy atom. The molecule has 0 spiro atoms. The summed E-state index contributed by atoms with van der Waals surface area (Å²) in [5.41, 5.74) is 0.798. The molecule has 1 aromatic heterocycles. The number of aryl methyl sites for hydroxylation is 1. The third-order valence-electron chi connectivity index (χ3n) is 3.75. The maximum Gasteiger partial charge on any atom is 0.349 e. The van der Waals surface area contributed by atoms with Crippen LogP contribution in [-0.2, 0) is 0 Å². The standard InChI is InChI=1S/C20H17NO5/c1-3-21-18(22)16-10-13-7-8-15(11-17(13)26-20(16)24)25-19(23)14-6-4-5-12(2)9-14/h4-11H,3H2,1-2H3,(H,21,22). The maximum atomic E-state index is 12.2. The number of hydrogen-bond donors (Lipinski definition) is 1. The molecule has 0 atom stereocenters. The fourth-order valence-corrected chi connectivity index (χ4v) is 2.51. The highest BCUT2D eigenvalue weighted by Gasteiger charge is 2.14. The van der Waals surface area contributed by atoms with Crippen LogP contribution in [0.2, 0.25) is 0 Å². The van der Waals surface area contributed by atoms with Gasteiger partial charge in [-0.25, -0.2) is 9.59 Å². The van der Waals surface area contributed by atoms with Gasteiger partial charge < -0.3 is 14.5 Å². The first kappa shape index (κ1) is 17.4. The van der Waals surface area contributed by atoms with Gasteiger partial charge in [-0.2, -0.15) is 0 Å². The summed E-state index contributed by atoms with van der Waals surface area (Å²) >= 11 is 0. The molecule has 0 aliphatic heterocycles. The molecule has 0 saturated carbocycles. The smallest absolute Gasteiger partial charge is 0.349 e. The van der Waals surface area contributed by atoms with E-state index in [9.17, 15) is 14.4 Å². The highest BCUT2D eigenvalue weighted by atomic mass is 16.5. The van der Waals surface area contributed by atoms with Crippen LogP contribution in [0.3, 0.4) is 0 Å². The molecular weight excluding hydrogens is 334 g/mol. The second-order valence-electron chi connectivity index (χ2n) is 5.77. The minimum Gasteiger partial charge on any atom is -0.423 e. The van der Waals surface area contributed by atoms with Crippen molar-refractivity contribution in [1.82, 2.24) is 5.32 Å². The molecule has 1 amide bonds. The van der Waals surface area contributed by atoms with Crippen LogP contribution in [0.4, 0.5) is 0 Å². The topological polar surface area (TPSA) is 85.6 Å². The molecule has 3 aromatic rings. The predicted molar refractivity (Wildman–Crippen MR) is 96.6 cm³/mol. The van der Waals surface area contributed by atoms with Gasteiger partial charge in [-0.1, -0.05) is 17.7 Å². The second-order valence-corrected chi connectivity index (χ2v) is 5.77. The zero-order chi connectivity index (χ0) is 18.7. The molecule has 1 heterocycles. The van der Waals surface area contributed by atoms with Crippen LogP contribution in [0.1, 0.15) is 33.2 Å².